The van der Waals surface area contributed by atoms with Gasteiger partial charge in [0.2, 0.25) is 0 Å². The van der Waals surface area contributed by atoms with Gasteiger partial charge in [0.1, 0.15) is 11.0 Å². The van der Waals surface area contributed by atoms with Gasteiger partial charge in [0.15, 0.2) is 11.0 Å². The van der Waals surface area contributed by atoms with Crippen LogP contribution >= 0.6 is 11.8 Å². The molecule has 0 amide bonds. The Morgan fingerprint density at radius 2 is 1.77 bits per heavy atom. The average molecular weight is 427 g/mol. The highest BCUT2D eigenvalue weighted by molar-refractivity contribution is 8.00. The van der Waals surface area contributed by atoms with Gasteiger partial charge in [-0.2, -0.15) is 5.26 Å². The molecule has 0 aliphatic carbocycles. The summed E-state index contributed by atoms with van der Waals surface area (Å²) in [5.41, 5.74) is 4.18. The van der Waals surface area contributed by atoms with Crippen molar-refractivity contribution in [1.29, 1.82) is 5.26 Å². The van der Waals surface area contributed by atoms with Crippen molar-refractivity contribution in [3.05, 3.63) is 90.0 Å². The van der Waals surface area contributed by atoms with Crippen molar-refractivity contribution < 1.29 is 4.74 Å². The lowest BCUT2D eigenvalue weighted by Crippen LogP contribution is -2.07. The molecular weight excluding hydrogens is 404 g/mol. The first-order valence-corrected chi connectivity index (χ1v) is 10.8. The molecule has 6 heteroatoms. The number of ether oxygens (including phenoxy) is 1. The first-order valence-electron chi connectivity index (χ1n) is 9.95. The van der Waals surface area contributed by atoms with Gasteiger partial charge < -0.3 is 4.74 Å². The standard InChI is InChI=1S/C25H22N4OS/c1-18-11-13-19(14-12-18)15-23(17-26)31-25-28-27-24(20-7-6-10-22(16-20)30-2)29(25)21-8-4-3-5-9-21/h3-14,16,23H,15H2,1-2H3. The molecule has 0 bridgehead atoms. The molecule has 0 fully saturated rings. The zero-order valence-electron chi connectivity index (χ0n) is 17.4. The van der Waals surface area contributed by atoms with Crippen molar-refractivity contribution in [3.63, 3.8) is 0 Å². The number of nitrogens with zero attached hydrogens (tertiary/aromatic N) is 4. The van der Waals surface area contributed by atoms with E-state index in [-0.39, 0.29) is 5.25 Å². The summed E-state index contributed by atoms with van der Waals surface area (Å²) in [4.78, 5) is 0. The fraction of sp³-hybridized carbons (Fsp3) is 0.160. The lowest BCUT2D eigenvalue weighted by atomic mass is 10.1. The predicted molar refractivity (Wildman–Crippen MR) is 123 cm³/mol. The van der Waals surface area contributed by atoms with Gasteiger partial charge in [-0.15, -0.1) is 10.2 Å². The predicted octanol–water partition coefficient (Wildman–Crippen LogP) is 5.48. The van der Waals surface area contributed by atoms with Crippen LogP contribution in [0.4, 0.5) is 0 Å². The van der Waals surface area contributed by atoms with Crippen LogP contribution in [0, 0.1) is 18.3 Å². The van der Waals surface area contributed by atoms with Crippen LogP contribution in [0.3, 0.4) is 0 Å². The highest BCUT2D eigenvalue weighted by atomic mass is 32.2. The lowest BCUT2D eigenvalue weighted by Gasteiger charge is -2.13. The molecule has 1 unspecified atom stereocenters. The van der Waals surface area contributed by atoms with E-state index in [1.54, 1.807) is 7.11 Å². The molecule has 0 N–H and O–H groups in total. The van der Waals surface area contributed by atoms with Gasteiger partial charge in [-0.1, -0.05) is 71.9 Å². The van der Waals surface area contributed by atoms with Gasteiger partial charge in [-0.3, -0.25) is 4.57 Å². The third kappa shape index (κ3) is 4.79. The summed E-state index contributed by atoms with van der Waals surface area (Å²) in [6, 6.07) is 28.4. The molecule has 3 aromatic carbocycles. The fourth-order valence-electron chi connectivity index (χ4n) is 3.28. The molecule has 31 heavy (non-hydrogen) atoms. The van der Waals surface area contributed by atoms with E-state index in [0.29, 0.717) is 17.4 Å². The fourth-order valence-corrected chi connectivity index (χ4v) is 4.25. The van der Waals surface area contributed by atoms with Crippen LogP contribution in [-0.4, -0.2) is 27.1 Å². The SMILES string of the molecule is COc1cccc(-c2nnc(SC(C#N)Cc3ccc(C)cc3)n2-c2ccccc2)c1. The van der Waals surface area contributed by atoms with Crippen LogP contribution in [0.25, 0.3) is 17.1 Å². The second-order valence-electron chi connectivity index (χ2n) is 7.13. The first kappa shape index (κ1) is 20.7. The third-order valence-electron chi connectivity index (χ3n) is 4.91. The number of para-hydroxylation sites is 1. The number of thioether (sulfide) groups is 1. The van der Waals surface area contributed by atoms with E-state index in [1.165, 1.54) is 17.3 Å². The van der Waals surface area contributed by atoms with Crippen molar-refractivity contribution in [3.8, 4) is 28.9 Å². The summed E-state index contributed by atoms with van der Waals surface area (Å²) < 4.78 is 7.38. The van der Waals surface area contributed by atoms with Gasteiger partial charge >= 0.3 is 0 Å². The van der Waals surface area contributed by atoms with Gasteiger partial charge in [-0.25, -0.2) is 0 Å². The number of nitriles is 1. The lowest BCUT2D eigenvalue weighted by molar-refractivity contribution is 0.415. The number of rotatable bonds is 7. The molecule has 4 aromatic rings. The maximum Gasteiger partial charge on any atom is 0.197 e. The van der Waals surface area contributed by atoms with Gasteiger partial charge in [0.05, 0.1) is 13.2 Å². The van der Waals surface area contributed by atoms with Crippen molar-refractivity contribution in [2.24, 2.45) is 0 Å². The van der Waals surface area contributed by atoms with Gasteiger partial charge in [0.25, 0.3) is 0 Å². The van der Waals surface area contributed by atoms with Crippen LogP contribution in [0.1, 0.15) is 11.1 Å². The van der Waals surface area contributed by atoms with Crippen molar-refractivity contribution in [2.75, 3.05) is 7.11 Å². The maximum atomic E-state index is 9.81. The Bertz CT molecular complexity index is 1200. The zero-order chi connectivity index (χ0) is 21.6. The monoisotopic (exact) mass is 426 g/mol. The van der Waals surface area contributed by atoms with E-state index in [4.69, 9.17) is 4.74 Å². The number of aromatic nitrogens is 3. The number of hydrogen-bond donors (Lipinski definition) is 0. The highest BCUT2D eigenvalue weighted by Gasteiger charge is 2.20. The Hall–Kier alpha value is -3.56. The number of methoxy groups -OCH3 is 1. The maximum absolute atomic E-state index is 9.81. The molecule has 0 spiro atoms. The number of benzene rings is 3. The molecule has 154 valence electrons. The first-order chi connectivity index (χ1) is 15.2. The molecule has 0 aliphatic heterocycles. The van der Waals surface area contributed by atoms with E-state index >= 15 is 0 Å². The normalized spacial score (nSPS) is 11.6. The third-order valence-corrected chi connectivity index (χ3v) is 5.94. The van der Waals surface area contributed by atoms with Crippen LogP contribution in [0.2, 0.25) is 0 Å². The second kappa shape index (κ2) is 9.50. The number of hydrogen-bond acceptors (Lipinski definition) is 5. The summed E-state index contributed by atoms with van der Waals surface area (Å²) in [6.07, 6.45) is 0.636. The van der Waals surface area contributed by atoms with Crippen molar-refractivity contribution in [2.45, 2.75) is 23.8 Å². The smallest absolute Gasteiger partial charge is 0.197 e. The number of aryl methyl sites for hydroxylation is 1. The van der Waals surface area contributed by atoms with Crippen LogP contribution in [-0.2, 0) is 6.42 Å². The summed E-state index contributed by atoms with van der Waals surface area (Å²) >= 11 is 1.43. The molecule has 0 aliphatic rings. The molecule has 5 nitrogen and oxygen atoms in total. The van der Waals surface area contributed by atoms with E-state index < -0.39 is 0 Å². The Morgan fingerprint density at radius 1 is 1.00 bits per heavy atom. The van der Waals surface area contributed by atoms with E-state index in [2.05, 4.69) is 47.5 Å². The Labute approximate surface area is 186 Å². The largest absolute Gasteiger partial charge is 0.497 e. The molecule has 0 radical (unpaired) electrons. The Kier molecular flexibility index (Phi) is 6.34. The minimum Gasteiger partial charge on any atom is -0.497 e. The van der Waals surface area contributed by atoms with Gasteiger partial charge in [0, 0.05) is 11.3 Å². The molecule has 1 atom stereocenters. The molecular formula is C25H22N4OS. The molecule has 1 heterocycles. The van der Waals surface area contributed by atoms with Gasteiger partial charge in [-0.05, 0) is 43.2 Å². The summed E-state index contributed by atoms with van der Waals surface area (Å²) in [5.74, 6) is 1.46. The topological polar surface area (TPSA) is 63.7 Å². The quantitative estimate of drug-likeness (QED) is 0.366. The van der Waals surface area contributed by atoms with Crippen LogP contribution < -0.4 is 4.74 Å². The van der Waals surface area contributed by atoms with E-state index in [1.807, 2.05) is 59.2 Å². The summed E-state index contributed by atoms with van der Waals surface area (Å²) in [5, 5.41) is 19.1. The summed E-state index contributed by atoms with van der Waals surface area (Å²) in [6.45, 7) is 2.06. The minimum atomic E-state index is -0.285. The van der Waals surface area contributed by atoms with Crippen LogP contribution in [0.15, 0.2) is 84.0 Å². The Balaban J connectivity index is 1.71. The van der Waals surface area contributed by atoms with Crippen molar-refractivity contribution in [1.82, 2.24) is 14.8 Å². The Morgan fingerprint density at radius 3 is 2.48 bits per heavy atom. The second-order valence-corrected chi connectivity index (χ2v) is 8.30. The molecule has 0 saturated carbocycles. The summed E-state index contributed by atoms with van der Waals surface area (Å²) in [7, 11) is 1.64. The molecule has 1 aromatic heterocycles. The van der Waals surface area contributed by atoms with Crippen LogP contribution in [0.5, 0.6) is 5.75 Å². The highest BCUT2D eigenvalue weighted by Crippen LogP contribution is 2.32. The molecule has 4 rings (SSSR count). The van der Waals surface area contributed by atoms with Crippen molar-refractivity contribution >= 4 is 11.8 Å². The molecule has 0 saturated heterocycles. The van der Waals surface area contributed by atoms with E-state index in [0.717, 1.165) is 22.6 Å². The van der Waals surface area contributed by atoms with E-state index in [9.17, 15) is 5.26 Å². The zero-order valence-corrected chi connectivity index (χ0v) is 18.2. The minimum absolute atomic E-state index is 0.285. The average Bonchev–Trinajstić information content (AvgIpc) is 3.24.